The molecule has 1 rings (SSSR count). The van der Waals surface area contributed by atoms with Gasteiger partial charge in [0.1, 0.15) is 5.75 Å². The van der Waals surface area contributed by atoms with Crippen LogP contribution in [0.3, 0.4) is 0 Å². The van der Waals surface area contributed by atoms with Gasteiger partial charge in [0.05, 0.1) is 13.5 Å². The number of hydrogen-bond acceptors (Lipinski definition) is 3. The van der Waals surface area contributed by atoms with Crippen LogP contribution in [0.2, 0.25) is 0 Å². The first-order valence-electron chi connectivity index (χ1n) is 4.21. The molecule has 1 N–H and O–H groups in total. The van der Waals surface area contributed by atoms with Crippen molar-refractivity contribution in [2.24, 2.45) is 0 Å². The zero-order valence-corrected chi connectivity index (χ0v) is 9.06. The third kappa shape index (κ3) is 3.30. The van der Waals surface area contributed by atoms with E-state index in [-0.39, 0.29) is 5.91 Å². The molecule has 1 amide bonds. The van der Waals surface area contributed by atoms with Gasteiger partial charge in [0.15, 0.2) is 0 Å². The lowest BCUT2D eigenvalue weighted by atomic mass is 10.1. The fraction of sp³-hybridized carbons (Fsp3) is 0.300. The third-order valence-electron chi connectivity index (χ3n) is 1.71. The Hall–Kier alpha value is -1.16. The van der Waals surface area contributed by atoms with Gasteiger partial charge >= 0.3 is 0 Å². The summed E-state index contributed by atoms with van der Waals surface area (Å²) in [6.45, 7) is 0. The van der Waals surface area contributed by atoms with Gasteiger partial charge < -0.3 is 9.46 Å². The van der Waals surface area contributed by atoms with E-state index in [9.17, 15) is 4.79 Å². The van der Waals surface area contributed by atoms with Gasteiger partial charge in [-0.05, 0) is 17.7 Å². The molecule has 3 nitrogen and oxygen atoms in total. The van der Waals surface area contributed by atoms with Gasteiger partial charge in [-0.25, -0.2) is 0 Å². The Balaban J connectivity index is 2.62. The van der Waals surface area contributed by atoms with Crippen molar-refractivity contribution in [2.75, 3.05) is 13.4 Å². The zero-order valence-electron chi connectivity index (χ0n) is 8.24. The maximum atomic E-state index is 11.2. The van der Waals surface area contributed by atoms with Crippen molar-refractivity contribution in [1.29, 1.82) is 0 Å². The summed E-state index contributed by atoms with van der Waals surface area (Å²) in [4.78, 5) is 11.2. The summed E-state index contributed by atoms with van der Waals surface area (Å²) >= 11 is 1.31. The van der Waals surface area contributed by atoms with E-state index in [1.807, 2.05) is 30.5 Å². The molecule has 14 heavy (non-hydrogen) atoms. The highest BCUT2D eigenvalue weighted by Crippen LogP contribution is 2.12. The van der Waals surface area contributed by atoms with E-state index in [0.29, 0.717) is 6.42 Å². The number of rotatable bonds is 4. The first kappa shape index (κ1) is 10.9. The van der Waals surface area contributed by atoms with Crippen LogP contribution in [0.1, 0.15) is 5.56 Å². The van der Waals surface area contributed by atoms with Crippen LogP contribution in [0.15, 0.2) is 24.3 Å². The molecular formula is C10H13NO2S. The predicted molar refractivity (Wildman–Crippen MR) is 58.4 cm³/mol. The predicted octanol–water partition coefficient (Wildman–Crippen LogP) is 1.63. The Morgan fingerprint density at radius 2 is 2.36 bits per heavy atom. The Kier molecular flexibility index (Phi) is 4.32. The molecule has 0 heterocycles. The van der Waals surface area contributed by atoms with Crippen LogP contribution in [-0.4, -0.2) is 19.3 Å². The minimum absolute atomic E-state index is 0.00533. The van der Waals surface area contributed by atoms with Gasteiger partial charge in [0, 0.05) is 6.26 Å². The molecule has 1 aromatic rings. The smallest absolute Gasteiger partial charge is 0.234 e. The minimum atomic E-state index is 0.00533. The number of nitrogens with one attached hydrogen (secondary N) is 1. The van der Waals surface area contributed by atoms with Gasteiger partial charge in [-0.15, -0.1) is 0 Å². The van der Waals surface area contributed by atoms with E-state index in [1.54, 1.807) is 7.11 Å². The van der Waals surface area contributed by atoms with Gasteiger partial charge in [-0.1, -0.05) is 24.1 Å². The number of carbonyl (C=O) groups excluding carboxylic acids is 1. The van der Waals surface area contributed by atoms with Gasteiger partial charge in [0.25, 0.3) is 0 Å². The molecule has 1 aromatic carbocycles. The molecule has 4 heteroatoms. The van der Waals surface area contributed by atoms with Crippen LogP contribution in [0, 0.1) is 0 Å². The topological polar surface area (TPSA) is 38.3 Å². The summed E-state index contributed by atoms with van der Waals surface area (Å²) in [5.74, 6) is 0.783. The molecule has 0 aliphatic heterocycles. The molecule has 0 saturated heterocycles. The molecule has 0 fully saturated rings. The van der Waals surface area contributed by atoms with E-state index in [2.05, 4.69) is 4.72 Å². The lowest BCUT2D eigenvalue weighted by Crippen LogP contribution is -2.17. The standard InChI is InChI=1S/C10H13NO2S/c1-13-9-5-3-4-8(6-9)7-10(12)11-14-2/h3-6H,7H2,1-2H3,(H,11,12). The quantitative estimate of drug-likeness (QED) is 0.769. The highest BCUT2D eigenvalue weighted by atomic mass is 32.2. The number of methoxy groups -OCH3 is 1. The largest absolute Gasteiger partial charge is 0.497 e. The number of amides is 1. The Morgan fingerprint density at radius 3 is 3.00 bits per heavy atom. The second kappa shape index (κ2) is 5.54. The van der Waals surface area contributed by atoms with Gasteiger partial charge in [-0.3, -0.25) is 4.79 Å². The van der Waals surface area contributed by atoms with Crippen molar-refractivity contribution in [2.45, 2.75) is 6.42 Å². The zero-order chi connectivity index (χ0) is 10.4. The van der Waals surface area contributed by atoms with Crippen molar-refractivity contribution < 1.29 is 9.53 Å². The number of hydrogen-bond donors (Lipinski definition) is 1. The molecular weight excluding hydrogens is 198 g/mol. The first-order valence-corrected chi connectivity index (χ1v) is 5.43. The molecule has 0 unspecified atom stereocenters. The van der Waals surface area contributed by atoms with Crippen LogP contribution in [0.5, 0.6) is 5.75 Å². The Morgan fingerprint density at radius 1 is 1.57 bits per heavy atom. The molecule has 76 valence electrons. The molecule has 0 atom stereocenters. The normalized spacial score (nSPS) is 9.57. The van der Waals surface area contributed by atoms with Crippen LogP contribution < -0.4 is 9.46 Å². The van der Waals surface area contributed by atoms with Crippen molar-refractivity contribution in [3.63, 3.8) is 0 Å². The number of benzene rings is 1. The number of carbonyl (C=O) groups is 1. The Labute approximate surface area is 88.0 Å². The fourth-order valence-corrected chi connectivity index (χ4v) is 1.42. The van der Waals surface area contributed by atoms with Gasteiger partial charge in [0.2, 0.25) is 5.91 Å². The first-order chi connectivity index (χ1) is 6.76. The second-order valence-corrected chi connectivity index (χ2v) is 3.37. The van der Waals surface area contributed by atoms with Crippen LogP contribution in [0.25, 0.3) is 0 Å². The maximum absolute atomic E-state index is 11.2. The summed E-state index contributed by atoms with van der Waals surface area (Å²) in [5.41, 5.74) is 0.955. The molecule has 0 radical (unpaired) electrons. The summed E-state index contributed by atoms with van der Waals surface area (Å²) < 4.78 is 7.73. The molecule has 0 spiro atoms. The van der Waals surface area contributed by atoms with Crippen molar-refractivity contribution in [3.8, 4) is 5.75 Å². The third-order valence-corrected chi connectivity index (χ3v) is 2.15. The van der Waals surface area contributed by atoms with Crippen molar-refractivity contribution in [1.82, 2.24) is 4.72 Å². The van der Waals surface area contributed by atoms with E-state index in [0.717, 1.165) is 11.3 Å². The van der Waals surface area contributed by atoms with E-state index in [1.165, 1.54) is 11.9 Å². The molecule has 0 bridgehead atoms. The summed E-state index contributed by atoms with van der Waals surface area (Å²) in [6.07, 6.45) is 2.21. The van der Waals surface area contributed by atoms with Crippen LogP contribution in [0.4, 0.5) is 0 Å². The lowest BCUT2D eigenvalue weighted by Gasteiger charge is -2.03. The average Bonchev–Trinajstić information content (AvgIpc) is 2.18. The van der Waals surface area contributed by atoms with Crippen LogP contribution >= 0.6 is 11.9 Å². The number of ether oxygens (including phenoxy) is 1. The SMILES string of the molecule is COc1cccc(CC(=O)NSC)c1. The van der Waals surface area contributed by atoms with Crippen LogP contribution in [-0.2, 0) is 11.2 Å². The summed E-state index contributed by atoms with van der Waals surface area (Å²) in [5, 5.41) is 0. The van der Waals surface area contributed by atoms with Gasteiger partial charge in [-0.2, -0.15) is 0 Å². The average molecular weight is 211 g/mol. The fourth-order valence-electron chi connectivity index (χ4n) is 1.12. The highest BCUT2D eigenvalue weighted by molar-refractivity contribution is 7.97. The Bertz CT molecular complexity index is 315. The second-order valence-electron chi connectivity index (χ2n) is 2.76. The monoisotopic (exact) mass is 211 g/mol. The summed E-state index contributed by atoms with van der Waals surface area (Å²) in [6, 6.07) is 7.50. The van der Waals surface area contributed by atoms with E-state index < -0.39 is 0 Å². The molecule has 0 aliphatic rings. The van der Waals surface area contributed by atoms with E-state index in [4.69, 9.17) is 4.74 Å². The minimum Gasteiger partial charge on any atom is -0.497 e. The van der Waals surface area contributed by atoms with Crippen molar-refractivity contribution >= 4 is 17.9 Å². The highest BCUT2D eigenvalue weighted by Gasteiger charge is 2.02. The van der Waals surface area contributed by atoms with E-state index >= 15 is 0 Å². The van der Waals surface area contributed by atoms with Crippen molar-refractivity contribution in [3.05, 3.63) is 29.8 Å². The summed E-state index contributed by atoms with van der Waals surface area (Å²) in [7, 11) is 1.61. The maximum Gasteiger partial charge on any atom is 0.234 e. The molecule has 0 aromatic heterocycles. The molecule has 0 aliphatic carbocycles. The lowest BCUT2D eigenvalue weighted by molar-refractivity contribution is -0.118. The molecule has 0 saturated carbocycles.